The van der Waals surface area contributed by atoms with Crippen molar-refractivity contribution in [1.82, 2.24) is 15.1 Å². The SMILES string of the molecule is CCCCCCn1nc(CC)c(CNC2CC2)c1CC. The molecule has 114 valence electrons. The minimum atomic E-state index is 0.775. The van der Waals surface area contributed by atoms with Gasteiger partial charge in [0, 0.05) is 30.4 Å². The van der Waals surface area contributed by atoms with Gasteiger partial charge in [-0.1, -0.05) is 40.0 Å². The van der Waals surface area contributed by atoms with E-state index in [1.54, 1.807) is 0 Å². The van der Waals surface area contributed by atoms with Gasteiger partial charge in [-0.05, 0) is 32.1 Å². The highest BCUT2D eigenvalue weighted by molar-refractivity contribution is 5.27. The summed E-state index contributed by atoms with van der Waals surface area (Å²) >= 11 is 0. The van der Waals surface area contributed by atoms with Crippen LogP contribution in [0.1, 0.15) is 76.2 Å². The molecule has 1 aliphatic carbocycles. The van der Waals surface area contributed by atoms with Crippen molar-refractivity contribution < 1.29 is 0 Å². The van der Waals surface area contributed by atoms with Crippen molar-refractivity contribution in [3.05, 3.63) is 17.0 Å². The number of aromatic nitrogens is 2. The first-order valence-electron chi connectivity index (χ1n) is 8.60. The molecule has 1 fully saturated rings. The average Bonchev–Trinajstić information content (AvgIpc) is 3.23. The molecule has 0 aromatic carbocycles. The van der Waals surface area contributed by atoms with Crippen LogP contribution in [0.2, 0.25) is 0 Å². The molecule has 3 nitrogen and oxygen atoms in total. The van der Waals surface area contributed by atoms with Gasteiger partial charge in [-0.25, -0.2) is 0 Å². The third-order valence-electron chi connectivity index (χ3n) is 4.29. The molecule has 0 aliphatic heterocycles. The molecular weight excluding hydrogens is 246 g/mol. The Labute approximate surface area is 124 Å². The van der Waals surface area contributed by atoms with Crippen LogP contribution in [0.25, 0.3) is 0 Å². The standard InChI is InChI=1S/C17H31N3/c1-4-7-8-9-12-20-17(6-3)15(16(5-2)19-20)13-18-14-10-11-14/h14,18H,4-13H2,1-3H3. The van der Waals surface area contributed by atoms with Gasteiger partial charge >= 0.3 is 0 Å². The van der Waals surface area contributed by atoms with Crippen LogP contribution in [0.3, 0.4) is 0 Å². The molecule has 0 amide bonds. The number of hydrogen-bond donors (Lipinski definition) is 1. The third-order valence-corrected chi connectivity index (χ3v) is 4.29. The van der Waals surface area contributed by atoms with Gasteiger partial charge < -0.3 is 5.32 Å². The summed E-state index contributed by atoms with van der Waals surface area (Å²) in [4.78, 5) is 0. The Kier molecular flexibility index (Phi) is 6.08. The topological polar surface area (TPSA) is 29.9 Å². The van der Waals surface area contributed by atoms with Gasteiger partial charge in [-0.15, -0.1) is 0 Å². The van der Waals surface area contributed by atoms with Crippen molar-refractivity contribution in [2.75, 3.05) is 0 Å². The smallest absolute Gasteiger partial charge is 0.0669 e. The lowest BCUT2D eigenvalue weighted by atomic mass is 10.1. The van der Waals surface area contributed by atoms with Gasteiger partial charge in [0.15, 0.2) is 0 Å². The van der Waals surface area contributed by atoms with Crippen LogP contribution in [0.15, 0.2) is 0 Å². The molecule has 0 spiro atoms. The fourth-order valence-corrected chi connectivity index (χ4v) is 2.88. The van der Waals surface area contributed by atoms with Crippen molar-refractivity contribution in [2.45, 2.75) is 91.3 Å². The molecule has 0 atom stereocenters. The zero-order valence-corrected chi connectivity index (χ0v) is 13.5. The Bertz CT molecular complexity index is 405. The number of aryl methyl sites for hydroxylation is 2. The summed E-state index contributed by atoms with van der Waals surface area (Å²) < 4.78 is 2.29. The van der Waals surface area contributed by atoms with Crippen molar-refractivity contribution in [2.24, 2.45) is 0 Å². The molecule has 3 heteroatoms. The zero-order valence-electron chi connectivity index (χ0n) is 13.5. The Morgan fingerprint density at radius 2 is 1.90 bits per heavy atom. The van der Waals surface area contributed by atoms with Gasteiger partial charge in [0.05, 0.1) is 5.69 Å². The number of hydrogen-bond acceptors (Lipinski definition) is 2. The monoisotopic (exact) mass is 277 g/mol. The molecule has 20 heavy (non-hydrogen) atoms. The van der Waals surface area contributed by atoms with Gasteiger partial charge in [-0.2, -0.15) is 5.10 Å². The first kappa shape index (κ1) is 15.6. The molecule has 1 aromatic heterocycles. The normalized spacial score (nSPS) is 14.9. The van der Waals surface area contributed by atoms with Crippen LogP contribution in [-0.4, -0.2) is 15.8 Å². The molecule has 0 saturated heterocycles. The van der Waals surface area contributed by atoms with Gasteiger partial charge in [0.25, 0.3) is 0 Å². The summed E-state index contributed by atoms with van der Waals surface area (Å²) in [6, 6.07) is 0.775. The Balaban J connectivity index is 2.01. The van der Waals surface area contributed by atoms with Crippen LogP contribution < -0.4 is 5.32 Å². The Morgan fingerprint density at radius 3 is 2.50 bits per heavy atom. The van der Waals surface area contributed by atoms with E-state index in [0.29, 0.717) is 0 Å². The fraction of sp³-hybridized carbons (Fsp3) is 0.824. The fourth-order valence-electron chi connectivity index (χ4n) is 2.88. The average molecular weight is 277 g/mol. The van der Waals surface area contributed by atoms with E-state index in [1.807, 2.05) is 0 Å². The molecule has 0 unspecified atom stereocenters. The zero-order chi connectivity index (χ0) is 14.4. The van der Waals surface area contributed by atoms with Crippen LogP contribution in [0.4, 0.5) is 0 Å². The molecule has 1 N–H and O–H groups in total. The third kappa shape index (κ3) is 4.08. The summed E-state index contributed by atoms with van der Waals surface area (Å²) in [5, 5.41) is 8.53. The summed E-state index contributed by atoms with van der Waals surface area (Å²) in [7, 11) is 0. The van der Waals surface area contributed by atoms with E-state index in [0.717, 1.165) is 32.0 Å². The second-order valence-corrected chi connectivity index (χ2v) is 6.02. The van der Waals surface area contributed by atoms with E-state index in [9.17, 15) is 0 Å². The van der Waals surface area contributed by atoms with Crippen LogP contribution in [-0.2, 0) is 25.9 Å². The van der Waals surface area contributed by atoms with E-state index < -0.39 is 0 Å². The summed E-state index contributed by atoms with van der Waals surface area (Å²) in [6.45, 7) is 8.87. The summed E-state index contributed by atoms with van der Waals surface area (Å²) in [5.41, 5.74) is 4.26. The number of nitrogens with zero attached hydrogens (tertiary/aromatic N) is 2. The highest BCUT2D eigenvalue weighted by atomic mass is 15.3. The van der Waals surface area contributed by atoms with Gasteiger partial charge in [0.1, 0.15) is 0 Å². The van der Waals surface area contributed by atoms with E-state index in [-0.39, 0.29) is 0 Å². The van der Waals surface area contributed by atoms with E-state index in [4.69, 9.17) is 5.10 Å². The molecule has 1 aliphatic rings. The van der Waals surface area contributed by atoms with Crippen molar-refractivity contribution >= 4 is 0 Å². The Morgan fingerprint density at radius 1 is 1.10 bits per heavy atom. The van der Waals surface area contributed by atoms with Crippen molar-refractivity contribution in [3.8, 4) is 0 Å². The number of unbranched alkanes of at least 4 members (excludes halogenated alkanes) is 3. The van der Waals surface area contributed by atoms with Crippen molar-refractivity contribution in [3.63, 3.8) is 0 Å². The summed E-state index contributed by atoms with van der Waals surface area (Å²) in [6.07, 6.45) is 10.1. The second kappa shape index (κ2) is 7.82. The lowest BCUT2D eigenvalue weighted by Gasteiger charge is -2.08. The maximum absolute atomic E-state index is 4.87. The van der Waals surface area contributed by atoms with E-state index >= 15 is 0 Å². The molecule has 0 bridgehead atoms. The first-order valence-corrected chi connectivity index (χ1v) is 8.60. The largest absolute Gasteiger partial charge is 0.310 e. The van der Waals surface area contributed by atoms with Crippen LogP contribution >= 0.6 is 0 Å². The molecule has 1 saturated carbocycles. The van der Waals surface area contributed by atoms with Crippen LogP contribution in [0, 0.1) is 0 Å². The van der Waals surface area contributed by atoms with Crippen LogP contribution in [0.5, 0.6) is 0 Å². The van der Waals surface area contributed by atoms with Gasteiger partial charge in [0.2, 0.25) is 0 Å². The molecule has 1 aromatic rings. The lowest BCUT2D eigenvalue weighted by Crippen LogP contribution is -2.17. The molecule has 2 rings (SSSR count). The second-order valence-electron chi connectivity index (χ2n) is 6.02. The highest BCUT2D eigenvalue weighted by Crippen LogP contribution is 2.22. The predicted molar refractivity (Wildman–Crippen MR) is 85.0 cm³/mol. The molecular formula is C17H31N3. The summed E-state index contributed by atoms with van der Waals surface area (Å²) in [5.74, 6) is 0. The minimum Gasteiger partial charge on any atom is -0.310 e. The number of nitrogens with one attached hydrogen (secondary N) is 1. The lowest BCUT2D eigenvalue weighted by molar-refractivity contribution is 0.521. The number of rotatable bonds is 10. The maximum Gasteiger partial charge on any atom is 0.0669 e. The van der Waals surface area contributed by atoms with Crippen molar-refractivity contribution in [1.29, 1.82) is 0 Å². The maximum atomic E-state index is 4.87. The highest BCUT2D eigenvalue weighted by Gasteiger charge is 2.22. The first-order chi connectivity index (χ1) is 9.80. The quantitative estimate of drug-likeness (QED) is 0.659. The van der Waals surface area contributed by atoms with Gasteiger partial charge in [-0.3, -0.25) is 4.68 Å². The molecule has 0 radical (unpaired) electrons. The van der Waals surface area contributed by atoms with E-state index in [2.05, 4.69) is 30.8 Å². The molecule has 1 heterocycles. The predicted octanol–water partition coefficient (Wildman–Crippen LogP) is 3.84. The van der Waals surface area contributed by atoms with E-state index in [1.165, 1.54) is 55.5 Å². The minimum absolute atomic E-state index is 0.775. The Hall–Kier alpha value is -0.830.